The number of aliphatic hydroxyl groups excluding tert-OH is 1. The molecule has 27 heavy (non-hydrogen) atoms. The first kappa shape index (κ1) is 21.6. The van der Waals surface area contributed by atoms with Crippen LogP contribution in [-0.2, 0) is 17.4 Å². The number of aliphatic hydroxyl groups is 1. The molecule has 1 aliphatic heterocycles. The average Bonchev–Trinajstić information content (AvgIpc) is 2.54. The van der Waals surface area contributed by atoms with Gasteiger partial charge in [0.1, 0.15) is 6.61 Å². The van der Waals surface area contributed by atoms with Crippen molar-refractivity contribution in [2.45, 2.75) is 45.8 Å². The van der Waals surface area contributed by atoms with Gasteiger partial charge in [-0.3, -0.25) is 9.59 Å². The van der Waals surface area contributed by atoms with E-state index >= 15 is 0 Å². The zero-order valence-corrected chi connectivity index (χ0v) is 15.9. The molecule has 1 N–H and O–H groups in total. The fraction of sp³-hybridized carbons (Fsp3) is 0.684. The maximum Gasteiger partial charge on any atom is 0.416 e. The van der Waals surface area contributed by atoms with E-state index in [1.54, 1.807) is 0 Å². The molecule has 0 aliphatic carbocycles. The van der Waals surface area contributed by atoms with E-state index < -0.39 is 35.7 Å². The van der Waals surface area contributed by atoms with Gasteiger partial charge in [0.15, 0.2) is 5.78 Å². The van der Waals surface area contributed by atoms with Crippen molar-refractivity contribution in [1.82, 2.24) is 9.47 Å². The number of halogens is 3. The van der Waals surface area contributed by atoms with Gasteiger partial charge in [-0.1, -0.05) is 20.8 Å². The monoisotopic (exact) mass is 388 g/mol. The summed E-state index contributed by atoms with van der Waals surface area (Å²) >= 11 is 0. The van der Waals surface area contributed by atoms with Crippen LogP contribution in [0.3, 0.4) is 0 Å². The molecule has 1 atom stereocenters. The van der Waals surface area contributed by atoms with Crippen molar-refractivity contribution in [1.29, 1.82) is 0 Å². The number of pyridine rings is 1. The van der Waals surface area contributed by atoms with Gasteiger partial charge in [0, 0.05) is 31.9 Å². The van der Waals surface area contributed by atoms with Crippen molar-refractivity contribution in [3.63, 3.8) is 0 Å². The molecule has 0 bridgehead atoms. The number of ketones is 1. The van der Waals surface area contributed by atoms with Gasteiger partial charge >= 0.3 is 6.18 Å². The fourth-order valence-electron chi connectivity index (χ4n) is 3.54. The molecule has 1 aliphatic rings. The fourth-order valence-corrected chi connectivity index (χ4v) is 3.54. The second-order valence-corrected chi connectivity index (χ2v) is 7.84. The van der Waals surface area contributed by atoms with E-state index in [-0.39, 0.29) is 24.3 Å². The number of carbonyl (C=O) groups is 1. The Morgan fingerprint density at radius 2 is 1.96 bits per heavy atom. The molecular formula is C19H27F3N2O3. The summed E-state index contributed by atoms with van der Waals surface area (Å²) in [6.07, 6.45) is -3.06. The number of alkyl halides is 3. The molecular weight excluding hydrogens is 361 g/mol. The van der Waals surface area contributed by atoms with Crippen molar-refractivity contribution in [3.05, 3.63) is 33.7 Å². The highest BCUT2D eigenvalue weighted by Gasteiger charge is 2.35. The Balaban J connectivity index is 2.40. The molecule has 5 nitrogen and oxygen atoms in total. The van der Waals surface area contributed by atoms with Gasteiger partial charge in [-0.15, -0.1) is 0 Å². The van der Waals surface area contributed by atoms with Crippen LogP contribution in [0.4, 0.5) is 13.2 Å². The Kier molecular flexibility index (Phi) is 6.86. The predicted octanol–water partition coefficient (Wildman–Crippen LogP) is 2.51. The van der Waals surface area contributed by atoms with Gasteiger partial charge in [0.2, 0.25) is 0 Å². The Morgan fingerprint density at radius 1 is 1.33 bits per heavy atom. The third kappa shape index (κ3) is 5.42. The molecule has 0 radical (unpaired) electrons. The molecule has 0 saturated carbocycles. The summed E-state index contributed by atoms with van der Waals surface area (Å²) in [7, 11) is 0. The summed E-state index contributed by atoms with van der Waals surface area (Å²) in [5.41, 5.74) is -1.82. The minimum Gasteiger partial charge on any atom is -0.389 e. The van der Waals surface area contributed by atoms with Crippen LogP contribution in [0.5, 0.6) is 0 Å². The number of Topliss-reactive ketones (excluding diaryl/α,β-unsaturated/α-hetero) is 1. The molecule has 1 aromatic heterocycles. The third-order valence-electron chi connectivity index (χ3n) is 4.86. The second kappa shape index (κ2) is 8.56. The summed E-state index contributed by atoms with van der Waals surface area (Å²) in [6, 6.07) is -0.390. The Hall–Kier alpha value is -1.67. The van der Waals surface area contributed by atoms with Gasteiger partial charge in [-0.25, -0.2) is 0 Å². The van der Waals surface area contributed by atoms with Crippen molar-refractivity contribution in [3.8, 4) is 0 Å². The van der Waals surface area contributed by atoms with Gasteiger partial charge in [-0.05, 0) is 30.2 Å². The quantitative estimate of drug-likeness (QED) is 0.743. The molecule has 1 fully saturated rings. The van der Waals surface area contributed by atoms with E-state index in [9.17, 15) is 27.9 Å². The van der Waals surface area contributed by atoms with Crippen LogP contribution in [-0.4, -0.2) is 46.6 Å². The highest BCUT2D eigenvalue weighted by atomic mass is 19.4. The molecule has 1 aromatic rings. The SMILES string of the molecule is CC(C)CC(C(=O)CO)n1cc(CCN2CC(C)C2)c(C(F)(F)F)cc1=O. The van der Waals surface area contributed by atoms with Gasteiger partial charge in [-0.2, -0.15) is 13.2 Å². The first-order valence-electron chi connectivity index (χ1n) is 9.21. The highest BCUT2D eigenvalue weighted by Crippen LogP contribution is 2.32. The van der Waals surface area contributed by atoms with E-state index in [0.717, 1.165) is 23.9 Å². The predicted molar refractivity (Wildman–Crippen MR) is 95.6 cm³/mol. The summed E-state index contributed by atoms with van der Waals surface area (Å²) in [4.78, 5) is 26.5. The maximum atomic E-state index is 13.4. The Labute approximate surface area is 156 Å². The van der Waals surface area contributed by atoms with Crippen LogP contribution in [0.2, 0.25) is 0 Å². The van der Waals surface area contributed by atoms with Gasteiger partial charge in [0.05, 0.1) is 11.6 Å². The number of nitrogens with zero attached hydrogens (tertiary/aromatic N) is 2. The first-order valence-corrected chi connectivity index (χ1v) is 9.21. The zero-order chi connectivity index (χ0) is 20.4. The number of aromatic nitrogens is 1. The first-order chi connectivity index (χ1) is 12.5. The van der Waals surface area contributed by atoms with Crippen molar-refractivity contribution in [2.75, 3.05) is 26.2 Å². The van der Waals surface area contributed by atoms with Crippen LogP contribution in [0.15, 0.2) is 17.1 Å². The van der Waals surface area contributed by atoms with Crippen LogP contribution < -0.4 is 5.56 Å². The van der Waals surface area contributed by atoms with Crippen LogP contribution in [0.1, 0.15) is 44.4 Å². The Bertz CT molecular complexity index is 722. The minimum absolute atomic E-state index is 0.00106. The van der Waals surface area contributed by atoms with E-state index in [2.05, 4.69) is 11.8 Å². The second-order valence-electron chi connectivity index (χ2n) is 7.84. The van der Waals surface area contributed by atoms with Crippen molar-refractivity contribution >= 4 is 5.78 Å². The summed E-state index contributed by atoms with van der Waals surface area (Å²) in [6.45, 7) is 7.17. The van der Waals surface area contributed by atoms with E-state index in [1.165, 1.54) is 0 Å². The number of likely N-dealkylation sites (tertiary alicyclic amines) is 1. The largest absolute Gasteiger partial charge is 0.416 e. The number of hydrogen-bond donors (Lipinski definition) is 1. The van der Waals surface area contributed by atoms with E-state index in [0.29, 0.717) is 18.5 Å². The molecule has 0 aromatic carbocycles. The summed E-state index contributed by atoms with van der Waals surface area (Å²) < 4.78 is 41.3. The molecule has 152 valence electrons. The molecule has 0 spiro atoms. The lowest BCUT2D eigenvalue weighted by Gasteiger charge is -2.37. The lowest BCUT2D eigenvalue weighted by Crippen LogP contribution is -2.46. The van der Waals surface area contributed by atoms with Crippen LogP contribution in [0.25, 0.3) is 0 Å². The highest BCUT2D eigenvalue weighted by molar-refractivity contribution is 5.83. The standard InChI is InChI=1S/C19H27F3N2O3/c1-12(2)6-16(17(26)11-25)24-10-14(4-5-23-8-13(3)9-23)15(7-18(24)27)19(20,21)22/h7,10,12-13,16,25H,4-6,8-9,11H2,1-3H3. The van der Waals surface area contributed by atoms with Crippen LogP contribution in [0, 0.1) is 11.8 Å². The molecule has 8 heteroatoms. The molecule has 0 amide bonds. The summed E-state index contributed by atoms with van der Waals surface area (Å²) in [5.74, 6) is -0.00238. The third-order valence-corrected chi connectivity index (χ3v) is 4.86. The van der Waals surface area contributed by atoms with Gasteiger partial charge < -0.3 is 14.6 Å². The van der Waals surface area contributed by atoms with Crippen molar-refractivity contribution < 1.29 is 23.1 Å². The number of carbonyl (C=O) groups excluding carboxylic acids is 1. The summed E-state index contributed by atoms with van der Waals surface area (Å²) in [5, 5.41) is 9.21. The van der Waals surface area contributed by atoms with Gasteiger partial charge in [0.25, 0.3) is 5.56 Å². The topological polar surface area (TPSA) is 62.5 Å². The number of hydrogen-bond acceptors (Lipinski definition) is 4. The molecule has 1 saturated heterocycles. The van der Waals surface area contributed by atoms with Crippen LogP contribution >= 0.6 is 0 Å². The number of rotatable bonds is 8. The smallest absolute Gasteiger partial charge is 0.389 e. The average molecular weight is 388 g/mol. The molecule has 2 rings (SSSR count). The minimum atomic E-state index is -4.63. The van der Waals surface area contributed by atoms with E-state index in [1.807, 2.05) is 13.8 Å². The van der Waals surface area contributed by atoms with Crippen molar-refractivity contribution in [2.24, 2.45) is 11.8 Å². The van der Waals surface area contributed by atoms with E-state index in [4.69, 9.17) is 0 Å². The molecule has 2 heterocycles. The lowest BCUT2D eigenvalue weighted by atomic mass is 9.98. The lowest BCUT2D eigenvalue weighted by molar-refractivity contribution is -0.138. The maximum absolute atomic E-state index is 13.4. The normalized spacial score (nSPS) is 17.2. The molecule has 1 unspecified atom stereocenters. The Morgan fingerprint density at radius 3 is 2.44 bits per heavy atom. The zero-order valence-electron chi connectivity index (χ0n) is 15.9.